The summed E-state index contributed by atoms with van der Waals surface area (Å²) in [6.45, 7) is 4.41. The van der Waals surface area contributed by atoms with Crippen LogP contribution in [-0.2, 0) is 16.6 Å². The molecule has 3 aromatic rings. The minimum Gasteiger partial charge on any atom is -0.207 e. The number of benzene rings is 2. The van der Waals surface area contributed by atoms with Gasteiger partial charge < -0.3 is 0 Å². The lowest BCUT2D eigenvalue weighted by molar-refractivity contribution is 0.423. The zero-order valence-electron chi connectivity index (χ0n) is 14.1. The summed E-state index contributed by atoms with van der Waals surface area (Å²) in [5, 5.41) is 11.1. The van der Waals surface area contributed by atoms with E-state index in [9.17, 15) is 8.42 Å². The quantitative estimate of drug-likeness (QED) is 0.675. The molecule has 0 aliphatic rings. The first kappa shape index (κ1) is 17.2. The van der Waals surface area contributed by atoms with E-state index < -0.39 is 10.0 Å². The summed E-state index contributed by atoms with van der Waals surface area (Å²) >= 11 is 0. The molecular weight excluding hydrogens is 338 g/mol. The average molecular weight is 357 g/mol. The summed E-state index contributed by atoms with van der Waals surface area (Å²) in [4.78, 5) is 0.264. The van der Waals surface area contributed by atoms with Crippen LogP contribution < -0.4 is 0 Å². The number of nitrogens with zero attached hydrogens (tertiary/aromatic N) is 5. The molecule has 0 saturated carbocycles. The summed E-state index contributed by atoms with van der Waals surface area (Å²) in [6.07, 6.45) is 1.48. The molecule has 2 aromatic carbocycles. The Labute approximate surface area is 147 Å². The van der Waals surface area contributed by atoms with Crippen molar-refractivity contribution in [2.75, 3.05) is 6.54 Å². The van der Waals surface area contributed by atoms with Gasteiger partial charge in [0, 0.05) is 13.1 Å². The largest absolute Gasteiger partial charge is 0.243 e. The molecule has 8 heteroatoms. The molecule has 25 heavy (non-hydrogen) atoms. The molecule has 0 saturated heterocycles. The van der Waals surface area contributed by atoms with Crippen LogP contribution in [0, 0.1) is 6.92 Å². The van der Waals surface area contributed by atoms with Crippen LogP contribution in [0.5, 0.6) is 0 Å². The monoisotopic (exact) mass is 357 g/mol. The second-order valence-electron chi connectivity index (χ2n) is 5.62. The first-order chi connectivity index (χ1) is 12.0. The van der Waals surface area contributed by atoms with Gasteiger partial charge in [-0.25, -0.2) is 13.1 Å². The SMILES string of the molecule is CCN(Cc1ccccc1)S(=O)(=O)c1ccc(-n2cnnn2)c(C)c1. The Bertz CT molecular complexity index is 940. The van der Waals surface area contributed by atoms with Crippen LogP contribution in [0.15, 0.2) is 59.8 Å². The zero-order chi connectivity index (χ0) is 17.9. The Morgan fingerprint density at radius 1 is 1.12 bits per heavy atom. The summed E-state index contributed by atoms with van der Waals surface area (Å²) in [5.41, 5.74) is 2.48. The Morgan fingerprint density at radius 2 is 1.88 bits per heavy atom. The van der Waals surface area contributed by atoms with Crippen LogP contribution in [0.2, 0.25) is 0 Å². The number of hydrogen-bond acceptors (Lipinski definition) is 5. The molecule has 0 amide bonds. The highest BCUT2D eigenvalue weighted by atomic mass is 32.2. The molecule has 0 atom stereocenters. The molecule has 7 nitrogen and oxygen atoms in total. The van der Waals surface area contributed by atoms with E-state index >= 15 is 0 Å². The second kappa shape index (κ2) is 7.12. The molecule has 0 unspecified atom stereocenters. The molecule has 0 spiro atoms. The summed E-state index contributed by atoms with van der Waals surface area (Å²) in [5.74, 6) is 0. The highest BCUT2D eigenvalue weighted by molar-refractivity contribution is 7.89. The predicted molar refractivity (Wildman–Crippen MR) is 93.6 cm³/mol. The van der Waals surface area contributed by atoms with Gasteiger partial charge in [-0.05, 0) is 46.7 Å². The van der Waals surface area contributed by atoms with Gasteiger partial charge in [0.1, 0.15) is 6.33 Å². The van der Waals surface area contributed by atoms with Crippen LogP contribution in [0.25, 0.3) is 5.69 Å². The maximum Gasteiger partial charge on any atom is 0.243 e. The smallest absolute Gasteiger partial charge is 0.207 e. The van der Waals surface area contributed by atoms with Gasteiger partial charge in [0.05, 0.1) is 10.6 Å². The highest BCUT2D eigenvalue weighted by Gasteiger charge is 2.24. The topological polar surface area (TPSA) is 81.0 Å². The van der Waals surface area contributed by atoms with Crippen LogP contribution in [0.4, 0.5) is 0 Å². The Balaban J connectivity index is 1.92. The van der Waals surface area contributed by atoms with E-state index in [1.165, 1.54) is 15.3 Å². The Morgan fingerprint density at radius 3 is 2.48 bits per heavy atom. The third-order valence-electron chi connectivity index (χ3n) is 3.96. The van der Waals surface area contributed by atoms with Crippen molar-refractivity contribution in [2.24, 2.45) is 0 Å². The molecule has 0 aliphatic carbocycles. The molecule has 0 bridgehead atoms. The lowest BCUT2D eigenvalue weighted by atomic mass is 10.2. The lowest BCUT2D eigenvalue weighted by Gasteiger charge is -2.21. The number of rotatable bonds is 6. The lowest BCUT2D eigenvalue weighted by Crippen LogP contribution is -2.30. The molecule has 0 fully saturated rings. The predicted octanol–water partition coefficient (Wildman–Crippen LogP) is 2.18. The van der Waals surface area contributed by atoms with Gasteiger partial charge in [-0.15, -0.1) is 5.10 Å². The van der Waals surface area contributed by atoms with E-state index in [1.807, 2.05) is 44.2 Å². The summed E-state index contributed by atoms with van der Waals surface area (Å²) in [7, 11) is -3.58. The fourth-order valence-electron chi connectivity index (χ4n) is 2.62. The average Bonchev–Trinajstić information content (AvgIpc) is 3.14. The van der Waals surface area contributed by atoms with Crippen molar-refractivity contribution in [3.05, 3.63) is 66.0 Å². The van der Waals surface area contributed by atoms with E-state index in [1.54, 1.807) is 18.2 Å². The Kier molecular flexibility index (Phi) is 4.91. The van der Waals surface area contributed by atoms with Crippen molar-refractivity contribution >= 4 is 10.0 Å². The molecule has 1 heterocycles. The van der Waals surface area contributed by atoms with Crippen molar-refractivity contribution in [1.29, 1.82) is 0 Å². The van der Waals surface area contributed by atoms with E-state index in [2.05, 4.69) is 15.5 Å². The van der Waals surface area contributed by atoms with Gasteiger partial charge >= 0.3 is 0 Å². The highest BCUT2D eigenvalue weighted by Crippen LogP contribution is 2.22. The van der Waals surface area contributed by atoms with E-state index in [-0.39, 0.29) is 4.90 Å². The van der Waals surface area contributed by atoms with Gasteiger partial charge in [-0.2, -0.15) is 4.31 Å². The maximum atomic E-state index is 13.0. The number of aryl methyl sites for hydroxylation is 1. The number of sulfonamides is 1. The molecule has 0 radical (unpaired) electrons. The number of tetrazole rings is 1. The van der Waals surface area contributed by atoms with Crippen molar-refractivity contribution in [3.63, 3.8) is 0 Å². The number of aromatic nitrogens is 4. The van der Waals surface area contributed by atoms with Gasteiger partial charge in [0.2, 0.25) is 10.0 Å². The molecular formula is C17H19N5O2S. The summed E-state index contributed by atoms with van der Waals surface area (Å²) < 4.78 is 29.0. The molecule has 0 N–H and O–H groups in total. The van der Waals surface area contributed by atoms with Crippen molar-refractivity contribution in [1.82, 2.24) is 24.5 Å². The maximum absolute atomic E-state index is 13.0. The number of hydrogen-bond donors (Lipinski definition) is 0. The molecule has 1 aromatic heterocycles. The standard InChI is InChI=1S/C17H19N5O2S/c1-3-21(12-15-7-5-4-6-8-15)25(23,24)16-9-10-17(14(2)11-16)22-13-18-19-20-22/h4-11,13H,3,12H2,1-2H3. The Hall–Kier alpha value is -2.58. The van der Waals surface area contributed by atoms with Crippen molar-refractivity contribution in [2.45, 2.75) is 25.3 Å². The van der Waals surface area contributed by atoms with Gasteiger partial charge in [0.25, 0.3) is 0 Å². The van der Waals surface area contributed by atoms with E-state index in [0.29, 0.717) is 13.1 Å². The zero-order valence-corrected chi connectivity index (χ0v) is 14.9. The van der Waals surface area contributed by atoms with Gasteiger partial charge in [0.15, 0.2) is 0 Å². The minimum absolute atomic E-state index is 0.264. The van der Waals surface area contributed by atoms with E-state index in [0.717, 1.165) is 16.8 Å². The van der Waals surface area contributed by atoms with Crippen LogP contribution in [0.3, 0.4) is 0 Å². The van der Waals surface area contributed by atoms with Crippen LogP contribution in [-0.4, -0.2) is 39.5 Å². The van der Waals surface area contributed by atoms with Crippen LogP contribution >= 0.6 is 0 Å². The van der Waals surface area contributed by atoms with E-state index in [4.69, 9.17) is 0 Å². The fraction of sp³-hybridized carbons (Fsp3) is 0.235. The second-order valence-corrected chi connectivity index (χ2v) is 7.56. The third kappa shape index (κ3) is 3.59. The normalized spacial score (nSPS) is 11.8. The molecule has 3 rings (SSSR count). The fourth-order valence-corrected chi connectivity index (χ4v) is 4.14. The molecule has 130 valence electrons. The minimum atomic E-state index is -3.58. The summed E-state index contributed by atoms with van der Waals surface area (Å²) in [6, 6.07) is 14.5. The first-order valence-corrected chi connectivity index (χ1v) is 9.34. The molecule has 0 aliphatic heterocycles. The van der Waals surface area contributed by atoms with Gasteiger partial charge in [-0.1, -0.05) is 37.3 Å². The van der Waals surface area contributed by atoms with Crippen LogP contribution in [0.1, 0.15) is 18.1 Å². The van der Waals surface area contributed by atoms with Crippen molar-refractivity contribution < 1.29 is 8.42 Å². The third-order valence-corrected chi connectivity index (χ3v) is 5.87. The van der Waals surface area contributed by atoms with Gasteiger partial charge in [-0.3, -0.25) is 0 Å². The van der Waals surface area contributed by atoms with Crippen molar-refractivity contribution in [3.8, 4) is 5.69 Å². The first-order valence-electron chi connectivity index (χ1n) is 7.90.